The highest BCUT2D eigenvalue weighted by molar-refractivity contribution is 5.81. The first-order valence-corrected chi connectivity index (χ1v) is 5.16. The van der Waals surface area contributed by atoms with E-state index in [1.54, 1.807) is 0 Å². The van der Waals surface area contributed by atoms with Crippen LogP contribution < -0.4 is 9.80 Å². The molecule has 0 aromatic heterocycles. The Morgan fingerprint density at radius 3 is 2.75 bits per heavy atom. The maximum atomic E-state index is 8.05. The van der Waals surface area contributed by atoms with Crippen molar-refractivity contribution < 1.29 is 5.48 Å². The van der Waals surface area contributed by atoms with Gasteiger partial charge in [0.05, 0.1) is 23.5 Å². The Hall–Kier alpha value is -1.96. The number of para-hydroxylation sites is 3. The Bertz CT molecular complexity index is 687. The summed E-state index contributed by atoms with van der Waals surface area (Å²) in [4.78, 5) is 3.96. The maximum absolute atomic E-state index is 8.05. The predicted molar refractivity (Wildman–Crippen MR) is 68.3 cm³/mol. The van der Waals surface area contributed by atoms with Gasteiger partial charge in [0.25, 0.3) is 0 Å². The van der Waals surface area contributed by atoms with Gasteiger partial charge >= 0.3 is 0 Å². The van der Waals surface area contributed by atoms with Gasteiger partial charge in [-0.3, -0.25) is 0 Å². The lowest BCUT2D eigenvalue weighted by molar-refractivity contribution is 0.950. The first-order valence-electron chi connectivity index (χ1n) is 7.16. The van der Waals surface area contributed by atoms with Crippen molar-refractivity contribution in [2.45, 2.75) is 0 Å². The van der Waals surface area contributed by atoms with E-state index in [9.17, 15) is 0 Å². The fraction of sp³-hybridized carbons (Fsp3) is 0.143. The fourth-order valence-electron chi connectivity index (χ4n) is 2.00. The van der Waals surface area contributed by atoms with Crippen molar-refractivity contribution >= 4 is 17.1 Å². The van der Waals surface area contributed by atoms with Crippen LogP contribution in [0, 0.1) is 0 Å². The van der Waals surface area contributed by atoms with Crippen LogP contribution in [-0.2, 0) is 0 Å². The molecule has 0 aliphatic carbocycles. The van der Waals surface area contributed by atoms with Gasteiger partial charge in [-0.1, -0.05) is 30.3 Å². The number of hydrogen-bond acceptors (Lipinski definition) is 2. The summed E-state index contributed by atoms with van der Waals surface area (Å²) in [5, 5.41) is 0. The van der Waals surface area contributed by atoms with Gasteiger partial charge in [-0.25, -0.2) is 0 Å². The average molecular weight is 214 g/mol. The van der Waals surface area contributed by atoms with Crippen molar-refractivity contribution in [3.63, 3.8) is 0 Å². The summed E-state index contributed by atoms with van der Waals surface area (Å²) < 4.78 is 31.2. The first kappa shape index (κ1) is 5.94. The zero-order valence-electron chi connectivity index (χ0n) is 13.0. The Kier molecular flexibility index (Phi) is 1.32. The number of anilines is 3. The van der Waals surface area contributed by atoms with Crippen LogP contribution in [0.15, 0.2) is 54.5 Å². The van der Waals surface area contributed by atoms with E-state index >= 15 is 0 Å². The Labute approximate surface area is 101 Å². The monoisotopic (exact) mass is 214 g/mol. The molecule has 3 rings (SSSR count). The van der Waals surface area contributed by atoms with Gasteiger partial charge in [-0.05, 0) is 24.2 Å². The van der Waals surface area contributed by atoms with Gasteiger partial charge in [-0.15, -0.1) is 0 Å². The zero-order valence-corrected chi connectivity index (χ0v) is 8.99. The molecule has 0 saturated heterocycles. The summed E-state index contributed by atoms with van der Waals surface area (Å²) in [6.45, 7) is 0.571. The smallest absolute Gasteiger partial charge is 0.0950 e. The molecule has 1 aliphatic heterocycles. The topological polar surface area (TPSA) is 6.48 Å². The van der Waals surface area contributed by atoms with E-state index < -0.39 is 0 Å². The van der Waals surface area contributed by atoms with E-state index in [-0.39, 0.29) is 24.2 Å². The van der Waals surface area contributed by atoms with Crippen molar-refractivity contribution in [3.8, 4) is 0 Å². The minimum atomic E-state index is -0.195. The van der Waals surface area contributed by atoms with E-state index in [0.29, 0.717) is 12.4 Å². The largest absolute Gasteiger partial charge is 0.355 e. The minimum absolute atomic E-state index is 0.00361. The van der Waals surface area contributed by atoms with Crippen LogP contribution in [-0.4, -0.2) is 13.7 Å². The number of hydrogen-bond donors (Lipinski definition) is 0. The average Bonchev–Trinajstić information content (AvgIpc) is 2.78. The van der Waals surface area contributed by atoms with Crippen LogP contribution in [0.5, 0.6) is 0 Å². The lowest BCUT2D eigenvalue weighted by atomic mass is 10.2. The number of fused-ring (bicyclic) bond motifs is 1. The highest BCUT2D eigenvalue weighted by atomic mass is 15.4. The maximum Gasteiger partial charge on any atom is 0.0950 e. The van der Waals surface area contributed by atoms with Crippen LogP contribution in [0.1, 0.15) is 5.48 Å². The number of nitrogens with zero attached hydrogens (tertiary/aromatic N) is 2. The van der Waals surface area contributed by atoms with E-state index in [1.807, 2.05) is 36.2 Å². The standard InChI is InChI=1S/C14H14N2/c1-15-11-16(12-7-3-2-4-8-12)14-10-6-5-9-13(14)15/h2-10H,11H2,1H3/i2D,3D,4D,7D. The molecule has 2 nitrogen and oxygen atoms in total. The molecule has 0 fully saturated rings. The molecular weight excluding hydrogens is 196 g/mol. The van der Waals surface area contributed by atoms with Crippen molar-refractivity contribution in [1.82, 2.24) is 0 Å². The third-order valence-corrected chi connectivity index (χ3v) is 2.76. The summed E-state index contributed by atoms with van der Waals surface area (Å²) in [5.41, 5.74) is 2.52. The SMILES string of the molecule is [2H]c1cc(N2CN(C)c3ccccc32)c([2H])c([2H])c1[2H]. The van der Waals surface area contributed by atoms with E-state index in [1.165, 1.54) is 6.07 Å². The first-order chi connectivity index (χ1) is 9.50. The van der Waals surface area contributed by atoms with Crippen molar-refractivity contribution in [1.29, 1.82) is 0 Å². The van der Waals surface area contributed by atoms with Gasteiger partial charge < -0.3 is 9.80 Å². The van der Waals surface area contributed by atoms with Crippen LogP contribution in [0.25, 0.3) is 0 Å². The molecular formula is C14H14N2. The third kappa shape index (κ3) is 1.34. The Morgan fingerprint density at radius 2 is 1.88 bits per heavy atom. The van der Waals surface area contributed by atoms with Gasteiger partial charge in [0.15, 0.2) is 0 Å². The lowest BCUT2D eigenvalue weighted by Crippen LogP contribution is -2.23. The van der Waals surface area contributed by atoms with Crippen LogP contribution in [0.4, 0.5) is 17.1 Å². The zero-order chi connectivity index (χ0) is 14.4. The van der Waals surface area contributed by atoms with Crippen LogP contribution >= 0.6 is 0 Å². The molecule has 0 amide bonds. The molecule has 16 heavy (non-hydrogen) atoms. The molecule has 0 atom stereocenters. The highest BCUT2D eigenvalue weighted by Crippen LogP contribution is 2.38. The molecule has 0 N–H and O–H groups in total. The molecule has 1 aliphatic rings. The minimum Gasteiger partial charge on any atom is -0.355 e. The molecule has 2 aromatic rings. The van der Waals surface area contributed by atoms with E-state index in [0.717, 1.165) is 11.4 Å². The fourth-order valence-corrected chi connectivity index (χ4v) is 2.00. The van der Waals surface area contributed by atoms with Crippen LogP contribution in [0.2, 0.25) is 0 Å². The summed E-state index contributed by atoms with van der Waals surface area (Å²) in [7, 11) is 1.96. The number of benzene rings is 2. The lowest BCUT2D eigenvalue weighted by Gasteiger charge is -2.19. The summed E-state index contributed by atoms with van der Waals surface area (Å²) in [6.07, 6.45) is 0. The third-order valence-electron chi connectivity index (χ3n) is 2.76. The van der Waals surface area contributed by atoms with Gasteiger partial charge in [-0.2, -0.15) is 0 Å². The highest BCUT2D eigenvalue weighted by Gasteiger charge is 2.23. The molecule has 2 aromatic carbocycles. The second kappa shape index (κ2) is 3.56. The molecule has 0 bridgehead atoms. The molecule has 80 valence electrons. The summed E-state index contributed by atoms with van der Waals surface area (Å²) >= 11 is 0. The van der Waals surface area contributed by atoms with E-state index in [2.05, 4.69) is 4.90 Å². The van der Waals surface area contributed by atoms with Gasteiger partial charge in [0, 0.05) is 12.7 Å². The molecule has 0 radical (unpaired) electrons. The van der Waals surface area contributed by atoms with Crippen molar-refractivity contribution in [3.05, 3.63) is 54.5 Å². The Balaban J connectivity index is 2.17. The molecule has 1 heterocycles. The number of rotatable bonds is 1. The second-order valence-corrected chi connectivity index (χ2v) is 3.81. The normalized spacial score (nSPS) is 17.6. The molecule has 0 unspecified atom stereocenters. The van der Waals surface area contributed by atoms with Gasteiger partial charge in [0.1, 0.15) is 0 Å². The van der Waals surface area contributed by atoms with Crippen molar-refractivity contribution in [2.75, 3.05) is 23.5 Å². The summed E-state index contributed by atoms with van der Waals surface area (Å²) in [6, 6.07) is 8.93. The molecule has 2 heteroatoms. The van der Waals surface area contributed by atoms with E-state index in [4.69, 9.17) is 5.48 Å². The molecule has 0 saturated carbocycles. The quantitative estimate of drug-likeness (QED) is 0.719. The van der Waals surface area contributed by atoms with Gasteiger partial charge in [0.2, 0.25) is 0 Å². The van der Waals surface area contributed by atoms with Crippen LogP contribution in [0.3, 0.4) is 0 Å². The predicted octanol–water partition coefficient (Wildman–Crippen LogP) is 3.23. The Morgan fingerprint density at radius 1 is 1.06 bits per heavy atom. The van der Waals surface area contributed by atoms with Crippen molar-refractivity contribution in [2.24, 2.45) is 0 Å². The second-order valence-electron chi connectivity index (χ2n) is 3.81. The molecule has 0 spiro atoms. The summed E-state index contributed by atoms with van der Waals surface area (Å²) in [5.74, 6) is 0.